The molecule has 2 amide bonds. The number of nitrogens with one attached hydrogen (secondary N) is 2. The molecule has 3 aromatic rings. The average molecular weight is 348 g/mol. The first-order valence-electron chi connectivity index (χ1n) is 8.11. The van der Waals surface area contributed by atoms with Gasteiger partial charge in [-0.15, -0.1) is 0 Å². The number of carbonyl (C=O) groups excluding carboxylic acids is 2. The molecule has 0 unspecified atom stereocenters. The van der Waals surface area contributed by atoms with Crippen molar-refractivity contribution in [3.63, 3.8) is 0 Å². The smallest absolute Gasteiger partial charge is 0.258 e. The van der Waals surface area contributed by atoms with Crippen LogP contribution in [0.4, 0.5) is 15.8 Å². The van der Waals surface area contributed by atoms with Crippen LogP contribution in [-0.2, 0) is 11.2 Å². The van der Waals surface area contributed by atoms with Crippen LogP contribution >= 0.6 is 0 Å². The predicted octanol–water partition coefficient (Wildman–Crippen LogP) is 4.26. The van der Waals surface area contributed by atoms with Crippen molar-refractivity contribution < 1.29 is 14.0 Å². The highest BCUT2D eigenvalue weighted by Crippen LogP contribution is 2.17. The van der Waals surface area contributed by atoms with Gasteiger partial charge in [0.2, 0.25) is 5.91 Å². The molecule has 3 aromatic carbocycles. The van der Waals surface area contributed by atoms with E-state index in [2.05, 4.69) is 10.6 Å². The number of hydrogen-bond donors (Lipinski definition) is 2. The van der Waals surface area contributed by atoms with Gasteiger partial charge in [-0.25, -0.2) is 4.39 Å². The van der Waals surface area contributed by atoms with E-state index in [0.29, 0.717) is 11.4 Å². The molecule has 3 rings (SSSR count). The fourth-order valence-electron chi connectivity index (χ4n) is 2.50. The van der Waals surface area contributed by atoms with Crippen molar-refractivity contribution in [1.82, 2.24) is 0 Å². The quantitative estimate of drug-likeness (QED) is 0.724. The van der Waals surface area contributed by atoms with E-state index in [1.807, 2.05) is 30.3 Å². The summed E-state index contributed by atoms with van der Waals surface area (Å²) in [6.07, 6.45) is 0.257. The molecule has 130 valence electrons. The number of rotatable bonds is 5. The van der Waals surface area contributed by atoms with Crippen molar-refractivity contribution in [2.24, 2.45) is 0 Å². The van der Waals surface area contributed by atoms with E-state index in [1.54, 1.807) is 30.3 Å². The molecule has 0 heterocycles. The van der Waals surface area contributed by atoms with Gasteiger partial charge in [-0.3, -0.25) is 9.59 Å². The summed E-state index contributed by atoms with van der Waals surface area (Å²) in [5.74, 6) is -1.29. The van der Waals surface area contributed by atoms with Gasteiger partial charge >= 0.3 is 0 Å². The second kappa shape index (κ2) is 8.07. The van der Waals surface area contributed by atoms with E-state index in [1.165, 1.54) is 18.2 Å². The molecule has 0 aromatic heterocycles. The molecule has 2 N–H and O–H groups in total. The average Bonchev–Trinajstić information content (AvgIpc) is 2.63. The van der Waals surface area contributed by atoms with Crippen LogP contribution in [0.3, 0.4) is 0 Å². The summed E-state index contributed by atoms with van der Waals surface area (Å²) < 4.78 is 13.7. The normalized spacial score (nSPS) is 10.2. The topological polar surface area (TPSA) is 58.2 Å². The third kappa shape index (κ3) is 4.54. The van der Waals surface area contributed by atoms with Gasteiger partial charge in [0.15, 0.2) is 0 Å². The van der Waals surface area contributed by atoms with Gasteiger partial charge in [-0.2, -0.15) is 0 Å². The number of amides is 2. The van der Waals surface area contributed by atoms with Crippen molar-refractivity contribution in [3.8, 4) is 0 Å². The standard InChI is InChI=1S/C21H17FN2O2/c22-19-12-5-4-11-18(19)21(26)24-17-10-6-9-16(14-17)23-20(25)13-15-7-2-1-3-8-15/h1-12,14H,13H2,(H,23,25)(H,24,26). The van der Waals surface area contributed by atoms with E-state index < -0.39 is 11.7 Å². The van der Waals surface area contributed by atoms with Crippen LogP contribution in [0.5, 0.6) is 0 Å². The Kier molecular flexibility index (Phi) is 5.39. The summed E-state index contributed by atoms with van der Waals surface area (Å²) >= 11 is 0. The molecule has 0 aliphatic heterocycles. The predicted molar refractivity (Wildman–Crippen MR) is 99.6 cm³/mol. The van der Waals surface area contributed by atoms with Crippen LogP contribution in [0.2, 0.25) is 0 Å². The Morgan fingerprint density at radius 1 is 0.769 bits per heavy atom. The molecule has 0 aliphatic rings. The molecule has 0 radical (unpaired) electrons. The highest BCUT2D eigenvalue weighted by Gasteiger charge is 2.11. The Morgan fingerprint density at radius 3 is 2.15 bits per heavy atom. The fraction of sp³-hybridized carbons (Fsp3) is 0.0476. The molecular formula is C21H17FN2O2. The molecule has 5 heteroatoms. The summed E-state index contributed by atoms with van der Waals surface area (Å²) in [6.45, 7) is 0. The third-order valence-corrected chi connectivity index (χ3v) is 3.73. The van der Waals surface area contributed by atoms with Crippen molar-refractivity contribution in [1.29, 1.82) is 0 Å². The summed E-state index contributed by atoms with van der Waals surface area (Å²) in [7, 11) is 0. The molecule has 26 heavy (non-hydrogen) atoms. The molecule has 0 aliphatic carbocycles. The van der Waals surface area contributed by atoms with Crippen molar-refractivity contribution >= 4 is 23.2 Å². The largest absolute Gasteiger partial charge is 0.326 e. The molecule has 4 nitrogen and oxygen atoms in total. The summed E-state index contributed by atoms with van der Waals surface area (Å²) in [4.78, 5) is 24.3. The van der Waals surface area contributed by atoms with E-state index in [9.17, 15) is 14.0 Å². The van der Waals surface area contributed by atoms with Crippen LogP contribution < -0.4 is 10.6 Å². The van der Waals surface area contributed by atoms with Gasteiger partial charge in [-0.1, -0.05) is 48.5 Å². The lowest BCUT2D eigenvalue weighted by Crippen LogP contribution is -2.16. The van der Waals surface area contributed by atoms with Gasteiger partial charge in [0, 0.05) is 11.4 Å². The van der Waals surface area contributed by atoms with Gasteiger partial charge < -0.3 is 10.6 Å². The van der Waals surface area contributed by atoms with Gasteiger partial charge in [0.1, 0.15) is 5.82 Å². The molecule has 0 saturated heterocycles. The minimum atomic E-state index is -0.586. The zero-order valence-corrected chi connectivity index (χ0v) is 13.9. The van der Waals surface area contributed by atoms with Crippen molar-refractivity contribution in [3.05, 3.63) is 95.8 Å². The van der Waals surface area contributed by atoms with Crippen LogP contribution in [0.25, 0.3) is 0 Å². The molecule has 0 saturated carbocycles. The first kappa shape index (κ1) is 17.4. The second-order valence-electron chi connectivity index (χ2n) is 5.73. The van der Waals surface area contributed by atoms with E-state index in [0.717, 1.165) is 5.56 Å². The second-order valence-corrected chi connectivity index (χ2v) is 5.73. The van der Waals surface area contributed by atoms with Crippen LogP contribution in [0, 0.1) is 5.82 Å². The van der Waals surface area contributed by atoms with Gasteiger partial charge in [-0.05, 0) is 35.9 Å². The number of carbonyl (C=O) groups is 2. The fourth-order valence-corrected chi connectivity index (χ4v) is 2.50. The highest BCUT2D eigenvalue weighted by molar-refractivity contribution is 6.04. The molecule has 0 atom stereocenters. The Bertz CT molecular complexity index is 926. The maximum Gasteiger partial charge on any atom is 0.258 e. The maximum atomic E-state index is 13.7. The van der Waals surface area contributed by atoms with Crippen LogP contribution in [0.15, 0.2) is 78.9 Å². The van der Waals surface area contributed by atoms with Gasteiger partial charge in [0.05, 0.1) is 12.0 Å². The van der Waals surface area contributed by atoms with Crippen molar-refractivity contribution in [2.45, 2.75) is 6.42 Å². The number of anilines is 2. The monoisotopic (exact) mass is 348 g/mol. The number of halogens is 1. The summed E-state index contributed by atoms with van der Waals surface area (Å²) in [5, 5.41) is 5.42. The first-order chi connectivity index (χ1) is 12.6. The summed E-state index contributed by atoms with van der Waals surface area (Å²) in [6, 6.07) is 21.9. The minimum absolute atomic E-state index is 0.0361. The molecule has 0 spiro atoms. The highest BCUT2D eigenvalue weighted by atomic mass is 19.1. The zero-order chi connectivity index (χ0) is 18.4. The van der Waals surface area contributed by atoms with E-state index in [-0.39, 0.29) is 17.9 Å². The Labute approximate surface area is 150 Å². The molecule has 0 bridgehead atoms. The lowest BCUT2D eigenvalue weighted by Gasteiger charge is -2.09. The Hall–Kier alpha value is -3.47. The summed E-state index contributed by atoms with van der Waals surface area (Å²) in [5.41, 5.74) is 1.90. The third-order valence-electron chi connectivity index (χ3n) is 3.73. The Balaban J connectivity index is 1.65. The minimum Gasteiger partial charge on any atom is -0.326 e. The Morgan fingerprint density at radius 2 is 1.42 bits per heavy atom. The first-order valence-corrected chi connectivity index (χ1v) is 8.11. The lowest BCUT2D eigenvalue weighted by atomic mass is 10.1. The SMILES string of the molecule is O=C(Cc1ccccc1)Nc1cccc(NC(=O)c2ccccc2F)c1. The number of hydrogen-bond acceptors (Lipinski definition) is 2. The van der Waals surface area contributed by atoms with Crippen LogP contribution in [0.1, 0.15) is 15.9 Å². The van der Waals surface area contributed by atoms with E-state index in [4.69, 9.17) is 0 Å². The maximum absolute atomic E-state index is 13.7. The van der Waals surface area contributed by atoms with Crippen molar-refractivity contribution in [2.75, 3.05) is 10.6 Å². The lowest BCUT2D eigenvalue weighted by molar-refractivity contribution is -0.115. The zero-order valence-electron chi connectivity index (χ0n) is 13.9. The van der Waals surface area contributed by atoms with Crippen LogP contribution in [-0.4, -0.2) is 11.8 Å². The molecular weight excluding hydrogens is 331 g/mol. The van der Waals surface area contributed by atoms with Gasteiger partial charge in [0.25, 0.3) is 5.91 Å². The number of benzene rings is 3. The van der Waals surface area contributed by atoms with E-state index >= 15 is 0 Å². The molecule has 0 fully saturated rings.